The van der Waals surface area contributed by atoms with Crippen molar-refractivity contribution in [1.82, 2.24) is 10.3 Å². The van der Waals surface area contributed by atoms with E-state index in [2.05, 4.69) is 10.3 Å². The Labute approximate surface area is 147 Å². The predicted molar refractivity (Wildman–Crippen MR) is 90.5 cm³/mol. The molecule has 0 aliphatic carbocycles. The van der Waals surface area contributed by atoms with Crippen LogP contribution in [0.25, 0.3) is 10.9 Å². The van der Waals surface area contributed by atoms with E-state index in [4.69, 9.17) is 16.3 Å². The Hall–Kier alpha value is -2.73. The topological polar surface area (TPSA) is 51.2 Å². The second-order valence-electron chi connectivity index (χ2n) is 5.29. The number of amides is 1. The largest absolute Gasteiger partial charge is 0.481 e. The van der Waals surface area contributed by atoms with Crippen LogP contribution in [-0.4, -0.2) is 17.5 Å². The number of hydrogen-bond acceptors (Lipinski definition) is 3. The van der Waals surface area contributed by atoms with Crippen LogP contribution < -0.4 is 10.1 Å². The number of pyridine rings is 1. The minimum Gasteiger partial charge on any atom is -0.481 e. The normalized spacial score (nSPS) is 10.7. The van der Waals surface area contributed by atoms with Crippen molar-refractivity contribution in [3.63, 3.8) is 0 Å². The molecule has 3 aromatic rings. The van der Waals surface area contributed by atoms with Gasteiger partial charge in [0, 0.05) is 24.2 Å². The summed E-state index contributed by atoms with van der Waals surface area (Å²) in [6.07, 6.45) is 1.60. The summed E-state index contributed by atoms with van der Waals surface area (Å²) in [6.45, 7) is -0.262. The molecule has 128 valence electrons. The van der Waals surface area contributed by atoms with Crippen molar-refractivity contribution in [3.8, 4) is 5.75 Å². The molecule has 1 aromatic heterocycles. The molecular weight excluding hydrogens is 350 g/mol. The van der Waals surface area contributed by atoms with Crippen LogP contribution in [-0.2, 0) is 11.3 Å². The minimum absolute atomic E-state index is 0.00348. The third-order valence-electron chi connectivity index (χ3n) is 3.45. The fourth-order valence-electron chi connectivity index (χ4n) is 2.34. The number of carbonyl (C=O) groups excluding carboxylic acids is 1. The molecule has 0 radical (unpaired) electrons. The van der Waals surface area contributed by atoms with Gasteiger partial charge in [0.15, 0.2) is 6.61 Å². The zero-order valence-electron chi connectivity index (χ0n) is 12.9. The molecule has 0 aliphatic heterocycles. The van der Waals surface area contributed by atoms with Crippen LogP contribution in [0, 0.1) is 11.6 Å². The lowest BCUT2D eigenvalue weighted by Gasteiger charge is -2.10. The van der Waals surface area contributed by atoms with E-state index in [0.717, 1.165) is 23.6 Å². The van der Waals surface area contributed by atoms with Crippen molar-refractivity contribution in [3.05, 3.63) is 70.9 Å². The highest BCUT2D eigenvalue weighted by Crippen LogP contribution is 2.29. The first-order valence-corrected chi connectivity index (χ1v) is 7.78. The smallest absolute Gasteiger partial charge is 0.258 e. The van der Waals surface area contributed by atoms with Gasteiger partial charge in [-0.2, -0.15) is 0 Å². The molecule has 3 rings (SSSR count). The number of halogens is 3. The number of benzene rings is 2. The van der Waals surface area contributed by atoms with Crippen LogP contribution >= 0.6 is 11.6 Å². The van der Waals surface area contributed by atoms with E-state index in [-0.39, 0.29) is 13.2 Å². The van der Waals surface area contributed by atoms with Gasteiger partial charge in [0.2, 0.25) is 0 Å². The summed E-state index contributed by atoms with van der Waals surface area (Å²) in [5.74, 6) is -1.39. The van der Waals surface area contributed by atoms with Gasteiger partial charge >= 0.3 is 0 Å². The Morgan fingerprint density at radius 1 is 1.16 bits per heavy atom. The molecule has 0 unspecified atom stereocenters. The van der Waals surface area contributed by atoms with Crippen molar-refractivity contribution in [2.24, 2.45) is 0 Å². The average molecular weight is 363 g/mol. The van der Waals surface area contributed by atoms with Gasteiger partial charge < -0.3 is 10.1 Å². The van der Waals surface area contributed by atoms with Crippen LogP contribution in [0.3, 0.4) is 0 Å². The summed E-state index contributed by atoms with van der Waals surface area (Å²) in [6, 6.07) is 9.93. The number of aromatic nitrogens is 1. The van der Waals surface area contributed by atoms with E-state index in [1.165, 1.54) is 0 Å². The SMILES string of the molecule is O=C(COc1ccc(Cl)c2cccnc12)NCc1cc(F)cc(F)c1. The van der Waals surface area contributed by atoms with Gasteiger partial charge in [0.05, 0.1) is 5.02 Å². The van der Waals surface area contributed by atoms with Gasteiger partial charge in [-0.05, 0) is 42.0 Å². The van der Waals surface area contributed by atoms with Gasteiger partial charge in [-0.1, -0.05) is 11.6 Å². The molecule has 0 spiro atoms. The number of rotatable bonds is 5. The quantitative estimate of drug-likeness (QED) is 0.749. The molecule has 0 aliphatic rings. The lowest BCUT2D eigenvalue weighted by molar-refractivity contribution is -0.123. The maximum Gasteiger partial charge on any atom is 0.258 e. The molecule has 1 heterocycles. The molecule has 4 nitrogen and oxygen atoms in total. The fraction of sp³-hybridized carbons (Fsp3) is 0.111. The fourth-order valence-corrected chi connectivity index (χ4v) is 2.55. The first kappa shape index (κ1) is 17.1. The molecule has 1 N–H and O–H groups in total. The summed E-state index contributed by atoms with van der Waals surface area (Å²) in [5, 5.41) is 3.79. The Morgan fingerprint density at radius 3 is 2.68 bits per heavy atom. The van der Waals surface area contributed by atoms with Crippen molar-refractivity contribution >= 4 is 28.4 Å². The van der Waals surface area contributed by atoms with E-state index >= 15 is 0 Å². The molecule has 0 atom stereocenters. The zero-order valence-corrected chi connectivity index (χ0v) is 13.7. The molecule has 25 heavy (non-hydrogen) atoms. The highest BCUT2D eigenvalue weighted by molar-refractivity contribution is 6.35. The lowest BCUT2D eigenvalue weighted by Crippen LogP contribution is -2.28. The average Bonchev–Trinajstić information content (AvgIpc) is 2.59. The second kappa shape index (κ2) is 7.44. The van der Waals surface area contributed by atoms with Crippen molar-refractivity contribution in [2.45, 2.75) is 6.54 Å². The number of carbonyl (C=O) groups is 1. The van der Waals surface area contributed by atoms with Gasteiger partial charge in [0.1, 0.15) is 22.9 Å². The standard InChI is InChI=1S/C18H13ClF2N2O2/c19-15-3-4-16(18-14(15)2-1-5-22-18)25-10-17(24)23-9-11-6-12(20)8-13(21)7-11/h1-8H,9-10H2,(H,23,24). The molecule has 7 heteroatoms. The number of nitrogens with zero attached hydrogens (tertiary/aromatic N) is 1. The summed E-state index contributed by atoms with van der Waals surface area (Å²) >= 11 is 6.10. The van der Waals surface area contributed by atoms with E-state index in [1.807, 2.05) is 0 Å². The number of ether oxygens (including phenoxy) is 1. The highest BCUT2D eigenvalue weighted by Gasteiger charge is 2.09. The Balaban J connectivity index is 1.62. The van der Waals surface area contributed by atoms with E-state index < -0.39 is 17.5 Å². The van der Waals surface area contributed by atoms with Crippen LogP contribution in [0.2, 0.25) is 5.02 Å². The predicted octanol–water partition coefficient (Wildman–Crippen LogP) is 3.86. The highest BCUT2D eigenvalue weighted by atomic mass is 35.5. The van der Waals surface area contributed by atoms with Crippen LogP contribution in [0.1, 0.15) is 5.56 Å². The third-order valence-corrected chi connectivity index (χ3v) is 3.78. The molecule has 0 bridgehead atoms. The minimum atomic E-state index is -0.695. The van der Waals surface area contributed by atoms with Crippen molar-refractivity contribution < 1.29 is 18.3 Å². The van der Waals surface area contributed by atoms with E-state index in [9.17, 15) is 13.6 Å². The van der Waals surface area contributed by atoms with Crippen LogP contribution in [0.5, 0.6) is 5.75 Å². The molecular formula is C18H13ClF2N2O2. The zero-order chi connectivity index (χ0) is 17.8. The third kappa shape index (κ3) is 4.22. The van der Waals surface area contributed by atoms with Crippen LogP contribution in [0.4, 0.5) is 8.78 Å². The van der Waals surface area contributed by atoms with Gasteiger partial charge in [0.25, 0.3) is 5.91 Å². The van der Waals surface area contributed by atoms with Gasteiger partial charge in [-0.3, -0.25) is 9.78 Å². The molecule has 0 saturated heterocycles. The van der Waals surface area contributed by atoms with Crippen LogP contribution in [0.15, 0.2) is 48.7 Å². The second-order valence-corrected chi connectivity index (χ2v) is 5.70. The first-order valence-electron chi connectivity index (χ1n) is 7.40. The number of fused-ring (bicyclic) bond motifs is 1. The maximum atomic E-state index is 13.1. The molecule has 2 aromatic carbocycles. The van der Waals surface area contributed by atoms with E-state index in [0.29, 0.717) is 21.9 Å². The molecule has 0 fully saturated rings. The van der Waals surface area contributed by atoms with E-state index in [1.54, 1.807) is 30.5 Å². The van der Waals surface area contributed by atoms with Crippen molar-refractivity contribution in [1.29, 1.82) is 0 Å². The van der Waals surface area contributed by atoms with Gasteiger partial charge in [-0.25, -0.2) is 8.78 Å². The van der Waals surface area contributed by atoms with Gasteiger partial charge in [-0.15, -0.1) is 0 Å². The summed E-state index contributed by atoms with van der Waals surface area (Å²) in [4.78, 5) is 16.1. The Kier molecular flexibility index (Phi) is 5.09. The maximum absolute atomic E-state index is 13.1. The summed E-state index contributed by atoms with van der Waals surface area (Å²) in [7, 11) is 0. The summed E-state index contributed by atoms with van der Waals surface area (Å²) < 4.78 is 31.7. The monoisotopic (exact) mass is 362 g/mol. The Bertz CT molecular complexity index is 914. The molecule has 0 saturated carbocycles. The number of hydrogen-bond donors (Lipinski definition) is 1. The number of nitrogens with one attached hydrogen (secondary N) is 1. The summed E-state index contributed by atoms with van der Waals surface area (Å²) in [5.41, 5.74) is 0.875. The molecule has 1 amide bonds. The first-order chi connectivity index (χ1) is 12.0. The Morgan fingerprint density at radius 2 is 1.92 bits per heavy atom. The van der Waals surface area contributed by atoms with Crippen molar-refractivity contribution in [2.75, 3.05) is 6.61 Å². The lowest BCUT2D eigenvalue weighted by atomic mass is 10.2.